The van der Waals surface area contributed by atoms with Gasteiger partial charge in [0.15, 0.2) is 0 Å². The van der Waals surface area contributed by atoms with Crippen molar-refractivity contribution in [2.45, 2.75) is 91.0 Å². The van der Waals surface area contributed by atoms with Gasteiger partial charge in [-0.25, -0.2) is 0 Å². The molecular weight excluding hydrogens is 334 g/mol. The van der Waals surface area contributed by atoms with Crippen molar-refractivity contribution in [2.24, 2.45) is 17.0 Å². The number of rotatable bonds is 8. The first-order chi connectivity index (χ1) is 12.1. The maximum absolute atomic E-state index is 12.5. The SMILES string of the molecule is CCC(CC)C[C@H](NC(C)=O)[C@@H]1N[C@@H](C(=O)OC(C)(C)C)C[C@H]1C=NO. The summed E-state index contributed by atoms with van der Waals surface area (Å²) in [7, 11) is 0. The number of amides is 1. The van der Waals surface area contributed by atoms with E-state index >= 15 is 0 Å². The van der Waals surface area contributed by atoms with Crippen molar-refractivity contribution in [3.63, 3.8) is 0 Å². The Balaban J connectivity index is 2.98. The molecule has 0 radical (unpaired) electrons. The minimum Gasteiger partial charge on any atom is -0.459 e. The zero-order chi connectivity index (χ0) is 19.9. The highest BCUT2D eigenvalue weighted by Gasteiger charge is 2.42. The summed E-state index contributed by atoms with van der Waals surface area (Å²) < 4.78 is 5.48. The van der Waals surface area contributed by atoms with Crippen LogP contribution in [-0.2, 0) is 14.3 Å². The van der Waals surface area contributed by atoms with Gasteiger partial charge < -0.3 is 15.3 Å². The molecule has 1 rings (SSSR count). The zero-order valence-corrected chi connectivity index (χ0v) is 16.9. The van der Waals surface area contributed by atoms with E-state index in [1.165, 1.54) is 13.1 Å². The van der Waals surface area contributed by atoms with E-state index in [9.17, 15) is 9.59 Å². The summed E-state index contributed by atoms with van der Waals surface area (Å²) in [6.07, 6.45) is 4.77. The number of carbonyl (C=O) groups is 2. The second-order valence-corrected chi connectivity index (χ2v) is 8.17. The van der Waals surface area contributed by atoms with Gasteiger partial charge in [-0.3, -0.25) is 14.9 Å². The molecule has 1 fully saturated rings. The van der Waals surface area contributed by atoms with Crippen LogP contribution in [0.5, 0.6) is 0 Å². The first kappa shape index (κ1) is 22.4. The van der Waals surface area contributed by atoms with E-state index < -0.39 is 11.6 Å². The number of hydrogen-bond acceptors (Lipinski definition) is 6. The topological polar surface area (TPSA) is 100 Å². The highest BCUT2D eigenvalue weighted by atomic mass is 16.6. The second-order valence-electron chi connectivity index (χ2n) is 8.17. The van der Waals surface area contributed by atoms with Crippen molar-refractivity contribution in [3.8, 4) is 0 Å². The molecule has 1 amide bonds. The molecule has 1 aliphatic heterocycles. The van der Waals surface area contributed by atoms with Crippen molar-refractivity contribution in [2.75, 3.05) is 0 Å². The van der Waals surface area contributed by atoms with Gasteiger partial charge in [0, 0.05) is 31.1 Å². The number of nitrogens with one attached hydrogen (secondary N) is 2. The van der Waals surface area contributed by atoms with Crippen molar-refractivity contribution < 1.29 is 19.5 Å². The summed E-state index contributed by atoms with van der Waals surface area (Å²) in [5, 5.41) is 18.6. The van der Waals surface area contributed by atoms with Crippen molar-refractivity contribution in [3.05, 3.63) is 0 Å². The van der Waals surface area contributed by atoms with Gasteiger partial charge in [-0.2, -0.15) is 0 Å². The molecule has 0 unspecified atom stereocenters. The van der Waals surface area contributed by atoms with Gasteiger partial charge in [0.2, 0.25) is 5.91 Å². The summed E-state index contributed by atoms with van der Waals surface area (Å²) in [4.78, 5) is 24.2. The average molecular weight is 370 g/mol. The summed E-state index contributed by atoms with van der Waals surface area (Å²) >= 11 is 0. The third-order valence-electron chi connectivity index (χ3n) is 4.88. The van der Waals surface area contributed by atoms with E-state index in [2.05, 4.69) is 29.6 Å². The predicted molar refractivity (Wildman–Crippen MR) is 101 cm³/mol. The normalized spacial score (nSPS) is 24.8. The Kier molecular flexibility index (Phi) is 8.53. The molecule has 1 saturated heterocycles. The molecule has 26 heavy (non-hydrogen) atoms. The molecule has 150 valence electrons. The third-order valence-corrected chi connectivity index (χ3v) is 4.88. The molecule has 0 aliphatic carbocycles. The lowest BCUT2D eigenvalue weighted by Gasteiger charge is -2.30. The Labute approximate surface area is 156 Å². The van der Waals surface area contributed by atoms with Gasteiger partial charge >= 0.3 is 5.97 Å². The van der Waals surface area contributed by atoms with E-state index in [-0.39, 0.29) is 29.9 Å². The Bertz CT molecular complexity index is 498. The fourth-order valence-electron chi connectivity index (χ4n) is 3.57. The highest BCUT2D eigenvalue weighted by Crippen LogP contribution is 2.28. The van der Waals surface area contributed by atoms with Crippen molar-refractivity contribution >= 4 is 18.1 Å². The molecule has 0 aromatic rings. The molecule has 0 saturated carbocycles. The van der Waals surface area contributed by atoms with E-state index in [0.29, 0.717) is 12.3 Å². The molecule has 1 heterocycles. The molecule has 0 aromatic carbocycles. The average Bonchev–Trinajstić information content (AvgIpc) is 2.94. The molecule has 1 aliphatic rings. The third kappa shape index (κ3) is 6.94. The largest absolute Gasteiger partial charge is 0.459 e. The van der Waals surface area contributed by atoms with E-state index in [1.54, 1.807) is 0 Å². The van der Waals surface area contributed by atoms with Gasteiger partial charge in [-0.05, 0) is 39.5 Å². The van der Waals surface area contributed by atoms with Crippen LogP contribution in [-0.4, -0.2) is 47.0 Å². The maximum Gasteiger partial charge on any atom is 0.323 e. The molecule has 0 aromatic heterocycles. The first-order valence-corrected chi connectivity index (χ1v) is 9.54. The molecule has 7 heteroatoms. The monoisotopic (exact) mass is 369 g/mol. The van der Waals surface area contributed by atoms with Crippen LogP contribution < -0.4 is 10.6 Å². The predicted octanol–water partition coefficient (Wildman–Crippen LogP) is 2.47. The minimum atomic E-state index is -0.566. The fourth-order valence-corrected chi connectivity index (χ4v) is 3.57. The van der Waals surface area contributed by atoms with Crippen LogP contribution in [0.4, 0.5) is 0 Å². The molecule has 4 atom stereocenters. The lowest BCUT2D eigenvalue weighted by Crippen LogP contribution is -2.52. The number of nitrogens with zero attached hydrogens (tertiary/aromatic N) is 1. The Morgan fingerprint density at radius 2 is 1.96 bits per heavy atom. The van der Waals surface area contributed by atoms with Crippen LogP contribution in [0.25, 0.3) is 0 Å². The van der Waals surface area contributed by atoms with Crippen molar-refractivity contribution in [1.29, 1.82) is 0 Å². The Morgan fingerprint density at radius 1 is 1.35 bits per heavy atom. The summed E-state index contributed by atoms with van der Waals surface area (Å²) in [6.45, 7) is 11.3. The molecule has 7 nitrogen and oxygen atoms in total. The molecule has 3 N–H and O–H groups in total. The maximum atomic E-state index is 12.5. The van der Waals surface area contributed by atoms with Crippen LogP contribution in [0.3, 0.4) is 0 Å². The fraction of sp³-hybridized carbons (Fsp3) is 0.842. The smallest absolute Gasteiger partial charge is 0.323 e. The lowest BCUT2D eigenvalue weighted by molar-refractivity contribution is -0.157. The minimum absolute atomic E-state index is 0.108. The summed E-state index contributed by atoms with van der Waals surface area (Å²) in [5.74, 6) is -0.117. The molecule has 0 bridgehead atoms. The van der Waals surface area contributed by atoms with Gasteiger partial charge in [0.1, 0.15) is 11.6 Å². The lowest BCUT2D eigenvalue weighted by atomic mass is 9.86. The van der Waals surface area contributed by atoms with E-state index in [1.807, 2.05) is 20.8 Å². The second kappa shape index (κ2) is 9.90. The Hall–Kier alpha value is -1.63. The number of ether oxygens (including phenoxy) is 1. The van der Waals surface area contributed by atoms with Gasteiger partial charge in [0.25, 0.3) is 0 Å². The van der Waals surface area contributed by atoms with Crippen LogP contribution >= 0.6 is 0 Å². The number of oxime groups is 1. The van der Waals surface area contributed by atoms with Gasteiger partial charge in [-0.1, -0.05) is 26.7 Å². The zero-order valence-electron chi connectivity index (χ0n) is 16.9. The number of hydrogen-bond donors (Lipinski definition) is 3. The van der Waals surface area contributed by atoms with Gasteiger partial charge in [0.05, 0.1) is 0 Å². The standard InChI is InChI=1S/C19H35N3O4/c1-7-13(8-2)9-15(21-12(3)23)17-14(11-20-25)10-16(22-17)18(24)26-19(4,5)6/h11,13-17,22,25H,7-10H2,1-6H3,(H,21,23)/t14-,15-,16+,17+/m0/s1. The van der Waals surface area contributed by atoms with E-state index in [4.69, 9.17) is 9.94 Å². The van der Waals surface area contributed by atoms with Crippen molar-refractivity contribution in [1.82, 2.24) is 10.6 Å². The molecular formula is C19H35N3O4. The molecule has 0 spiro atoms. The first-order valence-electron chi connectivity index (χ1n) is 9.54. The van der Waals surface area contributed by atoms with Gasteiger partial charge in [-0.15, -0.1) is 5.16 Å². The van der Waals surface area contributed by atoms with Crippen LogP contribution in [0.1, 0.15) is 67.2 Å². The number of esters is 1. The number of carbonyl (C=O) groups excluding carboxylic acids is 2. The van der Waals surface area contributed by atoms with Crippen LogP contribution in [0.15, 0.2) is 5.16 Å². The van der Waals surface area contributed by atoms with E-state index in [0.717, 1.165) is 19.3 Å². The van der Waals surface area contributed by atoms with Crippen LogP contribution in [0, 0.1) is 11.8 Å². The summed E-state index contributed by atoms with van der Waals surface area (Å²) in [6, 6.07) is -0.819. The highest BCUT2D eigenvalue weighted by molar-refractivity contribution is 5.78. The van der Waals surface area contributed by atoms with Crippen LogP contribution in [0.2, 0.25) is 0 Å². The summed E-state index contributed by atoms with van der Waals surface area (Å²) in [5.41, 5.74) is -0.566. The Morgan fingerprint density at radius 3 is 2.42 bits per heavy atom. The quantitative estimate of drug-likeness (QED) is 0.264.